The molecule has 1 aliphatic rings. The molecule has 1 atom stereocenters. The van der Waals surface area contributed by atoms with Crippen molar-refractivity contribution >= 4 is 5.97 Å². The van der Waals surface area contributed by atoms with Gasteiger partial charge in [-0.15, -0.1) is 0 Å². The van der Waals surface area contributed by atoms with Gasteiger partial charge in [0.2, 0.25) is 0 Å². The van der Waals surface area contributed by atoms with E-state index in [0.29, 0.717) is 36.8 Å². The third-order valence-electron chi connectivity index (χ3n) is 6.66. The first-order valence-corrected chi connectivity index (χ1v) is 12.5. The van der Waals surface area contributed by atoms with Gasteiger partial charge in [-0.25, -0.2) is 0 Å². The van der Waals surface area contributed by atoms with Crippen LogP contribution < -0.4 is 18.9 Å². The molecule has 1 N–H and O–H groups in total. The van der Waals surface area contributed by atoms with Gasteiger partial charge in [0.15, 0.2) is 23.0 Å². The van der Waals surface area contributed by atoms with Crippen molar-refractivity contribution < 1.29 is 33.6 Å². The quantitative estimate of drug-likeness (QED) is 0.308. The molecular formula is C28H39NO7. The number of unbranched alkanes of at least 4 members (excludes halogenated alkanes) is 2. The highest BCUT2D eigenvalue weighted by molar-refractivity contribution is 5.69. The SMILES string of the molecule is COc1ccc(CC2c3cc(OC)c(OC)cc3CCN2CCC(=O)OCCCCCO)cc1OC. The Bertz CT molecular complexity index is 994. The molecule has 1 unspecified atom stereocenters. The van der Waals surface area contributed by atoms with Crippen LogP contribution in [0.5, 0.6) is 23.0 Å². The largest absolute Gasteiger partial charge is 0.493 e. The van der Waals surface area contributed by atoms with Gasteiger partial charge in [0, 0.05) is 25.7 Å². The Morgan fingerprint density at radius 3 is 2.31 bits per heavy atom. The van der Waals surface area contributed by atoms with E-state index < -0.39 is 0 Å². The summed E-state index contributed by atoms with van der Waals surface area (Å²) in [6, 6.07) is 10.1. The molecule has 36 heavy (non-hydrogen) atoms. The number of hydrogen-bond donors (Lipinski definition) is 1. The van der Waals surface area contributed by atoms with Crippen LogP contribution in [0, 0.1) is 0 Å². The Kier molecular flexibility index (Phi) is 10.7. The summed E-state index contributed by atoms with van der Waals surface area (Å²) in [5, 5.41) is 8.88. The topological polar surface area (TPSA) is 86.7 Å². The third-order valence-corrected chi connectivity index (χ3v) is 6.66. The zero-order valence-electron chi connectivity index (χ0n) is 21.9. The predicted molar refractivity (Wildman–Crippen MR) is 137 cm³/mol. The highest BCUT2D eigenvalue weighted by atomic mass is 16.5. The first-order chi connectivity index (χ1) is 17.5. The lowest BCUT2D eigenvalue weighted by atomic mass is 9.88. The standard InChI is InChI=1S/C28H39NO7/c1-32-24-9-8-20(17-25(24)33-2)16-23-22-19-27(35-4)26(34-3)18-21(22)10-12-29(23)13-11-28(31)36-15-7-5-6-14-30/h8-9,17-19,23,30H,5-7,10-16H2,1-4H3. The Morgan fingerprint density at radius 2 is 1.61 bits per heavy atom. The lowest BCUT2D eigenvalue weighted by Crippen LogP contribution is -2.38. The number of carbonyl (C=O) groups excluding carboxylic acids is 1. The number of benzene rings is 2. The zero-order valence-corrected chi connectivity index (χ0v) is 21.9. The predicted octanol–water partition coefficient (Wildman–Crippen LogP) is 3.96. The van der Waals surface area contributed by atoms with Crippen LogP contribution >= 0.6 is 0 Å². The van der Waals surface area contributed by atoms with E-state index in [1.165, 1.54) is 11.1 Å². The van der Waals surface area contributed by atoms with Crippen LogP contribution in [-0.4, -0.2) is 70.7 Å². The van der Waals surface area contributed by atoms with Crippen molar-refractivity contribution in [2.45, 2.75) is 44.6 Å². The summed E-state index contributed by atoms with van der Waals surface area (Å²) in [5.74, 6) is 2.60. The van der Waals surface area contributed by atoms with E-state index in [9.17, 15) is 4.79 Å². The van der Waals surface area contributed by atoms with Gasteiger partial charge in [0.25, 0.3) is 0 Å². The fourth-order valence-corrected chi connectivity index (χ4v) is 4.70. The molecule has 1 heterocycles. The first kappa shape index (κ1) is 27.6. The summed E-state index contributed by atoms with van der Waals surface area (Å²) in [7, 11) is 6.55. The molecule has 8 heteroatoms. The summed E-state index contributed by atoms with van der Waals surface area (Å²) in [6.07, 6.45) is 4.27. The Morgan fingerprint density at radius 1 is 0.917 bits per heavy atom. The number of aliphatic hydroxyl groups is 1. The maximum absolute atomic E-state index is 12.4. The normalized spacial score (nSPS) is 15.2. The molecule has 2 aromatic carbocycles. The number of nitrogens with zero attached hydrogens (tertiary/aromatic N) is 1. The van der Waals surface area contributed by atoms with Crippen LogP contribution in [0.3, 0.4) is 0 Å². The summed E-state index contributed by atoms with van der Waals surface area (Å²) < 4.78 is 27.5. The van der Waals surface area contributed by atoms with Crippen LogP contribution in [0.4, 0.5) is 0 Å². The second-order valence-corrected chi connectivity index (χ2v) is 8.86. The number of rotatable bonds is 14. The molecule has 0 bridgehead atoms. The fourth-order valence-electron chi connectivity index (χ4n) is 4.70. The van der Waals surface area contributed by atoms with Crippen molar-refractivity contribution in [3.8, 4) is 23.0 Å². The summed E-state index contributed by atoms with van der Waals surface area (Å²) in [4.78, 5) is 14.7. The minimum absolute atomic E-state index is 0.0454. The molecule has 0 saturated carbocycles. The van der Waals surface area contributed by atoms with Crippen LogP contribution in [0.15, 0.2) is 30.3 Å². The first-order valence-electron chi connectivity index (χ1n) is 12.5. The van der Waals surface area contributed by atoms with Crippen molar-refractivity contribution in [2.75, 3.05) is 54.7 Å². The van der Waals surface area contributed by atoms with Crippen LogP contribution in [-0.2, 0) is 22.4 Å². The van der Waals surface area contributed by atoms with Gasteiger partial charge in [-0.05, 0) is 73.1 Å². The number of methoxy groups -OCH3 is 4. The number of esters is 1. The molecule has 1 aliphatic heterocycles. The van der Waals surface area contributed by atoms with Gasteiger partial charge in [-0.2, -0.15) is 0 Å². The van der Waals surface area contributed by atoms with Crippen LogP contribution in [0.1, 0.15) is 48.4 Å². The van der Waals surface area contributed by atoms with E-state index in [1.807, 2.05) is 12.1 Å². The van der Waals surface area contributed by atoms with E-state index in [-0.39, 0.29) is 18.6 Å². The Hall–Kier alpha value is -2.97. The number of ether oxygens (including phenoxy) is 5. The van der Waals surface area contributed by atoms with E-state index in [1.54, 1.807) is 28.4 Å². The van der Waals surface area contributed by atoms with E-state index in [4.69, 9.17) is 28.8 Å². The molecule has 198 valence electrons. The van der Waals surface area contributed by atoms with Gasteiger partial charge in [0.1, 0.15) is 0 Å². The zero-order chi connectivity index (χ0) is 25.9. The molecule has 0 fully saturated rings. The van der Waals surface area contributed by atoms with Crippen molar-refractivity contribution in [3.63, 3.8) is 0 Å². The second kappa shape index (κ2) is 13.9. The molecule has 3 rings (SSSR count). The molecule has 0 saturated heterocycles. The van der Waals surface area contributed by atoms with E-state index >= 15 is 0 Å². The second-order valence-electron chi connectivity index (χ2n) is 8.86. The molecule has 0 aromatic heterocycles. The summed E-state index contributed by atoms with van der Waals surface area (Å²) >= 11 is 0. The van der Waals surface area contributed by atoms with Crippen LogP contribution in [0.2, 0.25) is 0 Å². The van der Waals surface area contributed by atoms with Gasteiger partial charge in [0.05, 0.1) is 41.5 Å². The smallest absolute Gasteiger partial charge is 0.307 e. The van der Waals surface area contributed by atoms with Crippen molar-refractivity contribution in [3.05, 3.63) is 47.0 Å². The minimum atomic E-state index is -0.193. The Balaban J connectivity index is 1.80. The molecule has 0 radical (unpaired) electrons. The van der Waals surface area contributed by atoms with Gasteiger partial charge < -0.3 is 28.8 Å². The fraction of sp³-hybridized carbons (Fsp3) is 0.536. The number of hydrogen-bond acceptors (Lipinski definition) is 8. The molecule has 0 spiro atoms. The highest BCUT2D eigenvalue weighted by Gasteiger charge is 2.30. The van der Waals surface area contributed by atoms with Crippen molar-refractivity contribution in [1.82, 2.24) is 4.90 Å². The summed E-state index contributed by atoms with van der Waals surface area (Å²) in [6.45, 7) is 1.99. The molecule has 0 amide bonds. The number of aliphatic hydroxyl groups excluding tert-OH is 1. The highest BCUT2D eigenvalue weighted by Crippen LogP contribution is 2.40. The summed E-state index contributed by atoms with van der Waals surface area (Å²) in [5.41, 5.74) is 3.50. The average molecular weight is 502 g/mol. The monoisotopic (exact) mass is 501 g/mol. The lowest BCUT2D eigenvalue weighted by molar-refractivity contribution is -0.144. The van der Waals surface area contributed by atoms with Gasteiger partial charge in [-0.1, -0.05) is 6.07 Å². The number of carbonyl (C=O) groups is 1. The molecule has 2 aromatic rings. The molecular weight excluding hydrogens is 462 g/mol. The molecule has 0 aliphatic carbocycles. The average Bonchev–Trinajstić information content (AvgIpc) is 2.91. The van der Waals surface area contributed by atoms with Gasteiger partial charge >= 0.3 is 5.97 Å². The third kappa shape index (κ3) is 7.04. The molecule has 8 nitrogen and oxygen atoms in total. The maximum Gasteiger partial charge on any atom is 0.307 e. The number of fused-ring (bicyclic) bond motifs is 1. The minimum Gasteiger partial charge on any atom is -0.493 e. The Labute approximate surface area is 214 Å². The van der Waals surface area contributed by atoms with Crippen molar-refractivity contribution in [1.29, 1.82) is 0 Å². The lowest BCUT2D eigenvalue weighted by Gasteiger charge is -2.38. The van der Waals surface area contributed by atoms with Gasteiger partial charge in [-0.3, -0.25) is 9.69 Å². The van der Waals surface area contributed by atoms with Crippen LogP contribution in [0.25, 0.3) is 0 Å². The maximum atomic E-state index is 12.4. The van der Waals surface area contributed by atoms with E-state index in [0.717, 1.165) is 50.0 Å². The van der Waals surface area contributed by atoms with E-state index in [2.05, 4.69) is 23.1 Å². The van der Waals surface area contributed by atoms with Crippen molar-refractivity contribution in [2.24, 2.45) is 0 Å².